The van der Waals surface area contributed by atoms with E-state index in [9.17, 15) is 4.39 Å². The fourth-order valence-corrected chi connectivity index (χ4v) is 3.72. The first kappa shape index (κ1) is 15.8. The molecule has 2 N–H and O–H groups in total. The molecule has 0 radical (unpaired) electrons. The van der Waals surface area contributed by atoms with Crippen LogP contribution >= 0.6 is 0 Å². The lowest BCUT2D eigenvalue weighted by Crippen LogP contribution is -2.47. The lowest BCUT2D eigenvalue weighted by atomic mass is 9.84. The van der Waals surface area contributed by atoms with Crippen LogP contribution < -0.4 is 10.6 Å². The molecule has 0 amide bonds. The second-order valence-electron chi connectivity index (χ2n) is 6.87. The molecule has 0 atom stereocenters. The Morgan fingerprint density at radius 2 is 1.59 bits per heavy atom. The molecule has 2 aliphatic rings. The van der Waals surface area contributed by atoms with Gasteiger partial charge in [-0.3, -0.25) is 4.90 Å². The zero-order valence-electron chi connectivity index (χ0n) is 13.4. The number of hydrogen-bond acceptors (Lipinski definition) is 3. The largest absolute Gasteiger partial charge is 0.369 e. The third-order valence-corrected chi connectivity index (χ3v) is 5.31. The van der Waals surface area contributed by atoms with Crippen molar-refractivity contribution < 1.29 is 4.39 Å². The molecule has 3 rings (SSSR count). The fraction of sp³-hybridized carbons (Fsp3) is 0.667. The maximum atomic E-state index is 13.0. The Bertz CT molecular complexity index is 446. The number of halogens is 1. The van der Waals surface area contributed by atoms with E-state index < -0.39 is 0 Å². The molecule has 1 aliphatic carbocycles. The number of nitrogens with zero attached hydrogens (tertiary/aromatic N) is 2. The average Bonchev–Trinajstić information content (AvgIpc) is 2.56. The van der Waals surface area contributed by atoms with E-state index in [1.165, 1.54) is 38.6 Å². The maximum absolute atomic E-state index is 13.0. The van der Waals surface area contributed by atoms with Crippen LogP contribution in [-0.4, -0.2) is 43.7 Å². The molecule has 1 saturated carbocycles. The summed E-state index contributed by atoms with van der Waals surface area (Å²) in [6.45, 7) is 5.53. The van der Waals surface area contributed by atoms with Gasteiger partial charge in [0.25, 0.3) is 0 Å². The van der Waals surface area contributed by atoms with E-state index in [1.807, 2.05) is 12.1 Å². The van der Waals surface area contributed by atoms with Crippen LogP contribution in [-0.2, 0) is 0 Å². The Balaban J connectivity index is 1.39. The molecule has 1 heterocycles. The van der Waals surface area contributed by atoms with Crippen LogP contribution in [0.4, 0.5) is 10.1 Å². The summed E-state index contributed by atoms with van der Waals surface area (Å²) in [5, 5.41) is 0. The van der Waals surface area contributed by atoms with Gasteiger partial charge in [0.15, 0.2) is 0 Å². The van der Waals surface area contributed by atoms with Crippen molar-refractivity contribution in [2.75, 3.05) is 37.6 Å². The zero-order chi connectivity index (χ0) is 15.4. The monoisotopic (exact) mass is 305 g/mol. The molecular formula is C18H28FN3. The van der Waals surface area contributed by atoms with Gasteiger partial charge < -0.3 is 10.6 Å². The third kappa shape index (κ3) is 4.20. The molecule has 0 aromatic heterocycles. The summed E-state index contributed by atoms with van der Waals surface area (Å²) < 4.78 is 13.0. The lowest BCUT2D eigenvalue weighted by molar-refractivity contribution is 0.217. The lowest BCUT2D eigenvalue weighted by Gasteiger charge is -2.37. The molecule has 0 bridgehead atoms. The van der Waals surface area contributed by atoms with Crippen molar-refractivity contribution in [2.24, 2.45) is 11.7 Å². The van der Waals surface area contributed by atoms with Gasteiger partial charge in [0.1, 0.15) is 5.82 Å². The second-order valence-corrected chi connectivity index (χ2v) is 6.87. The molecule has 1 aliphatic heterocycles. The summed E-state index contributed by atoms with van der Waals surface area (Å²) in [6.07, 6.45) is 6.38. The fourth-order valence-electron chi connectivity index (χ4n) is 3.72. The van der Waals surface area contributed by atoms with Crippen molar-refractivity contribution in [3.8, 4) is 0 Å². The normalized spacial score (nSPS) is 27.1. The minimum absolute atomic E-state index is 0.158. The van der Waals surface area contributed by atoms with E-state index in [1.54, 1.807) is 12.1 Å². The van der Waals surface area contributed by atoms with Crippen LogP contribution in [0.25, 0.3) is 0 Å². The summed E-state index contributed by atoms with van der Waals surface area (Å²) in [5.41, 5.74) is 7.12. The summed E-state index contributed by atoms with van der Waals surface area (Å²) in [7, 11) is 0. The highest BCUT2D eigenvalue weighted by Crippen LogP contribution is 2.26. The minimum atomic E-state index is -0.158. The van der Waals surface area contributed by atoms with Crippen LogP contribution in [0.3, 0.4) is 0 Å². The van der Waals surface area contributed by atoms with Crippen LogP contribution in [0.15, 0.2) is 24.3 Å². The molecule has 3 nitrogen and oxygen atoms in total. The maximum Gasteiger partial charge on any atom is 0.123 e. The number of benzene rings is 1. The van der Waals surface area contributed by atoms with Gasteiger partial charge in [0.05, 0.1) is 0 Å². The highest BCUT2D eigenvalue weighted by atomic mass is 19.1. The van der Waals surface area contributed by atoms with Crippen molar-refractivity contribution in [3.63, 3.8) is 0 Å². The molecular weight excluding hydrogens is 277 g/mol. The van der Waals surface area contributed by atoms with Crippen molar-refractivity contribution >= 4 is 5.69 Å². The Kier molecular flexibility index (Phi) is 5.32. The van der Waals surface area contributed by atoms with Crippen LogP contribution in [0, 0.1) is 11.7 Å². The van der Waals surface area contributed by atoms with E-state index in [0.717, 1.165) is 37.8 Å². The molecule has 1 aromatic carbocycles. The standard InChI is InChI=1S/C18H28FN3/c19-16-3-7-18(8-4-16)22-13-11-21(12-14-22)10-9-15-1-5-17(20)6-2-15/h3-4,7-8,15,17H,1-2,5-6,9-14,20H2. The number of anilines is 1. The highest BCUT2D eigenvalue weighted by molar-refractivity contribution is 5.46. The molecule has 0 unspecified atom stereocenters. The van der Waals surface area contributed by atoms with E-state index in [4.69, 9.17) is 5.73 Å². The van der Waals surface area contributed by atoms with E-state index in [-0.39, 0.29) is 5.82 Å². The van der Waals surface area contributed by atoms with Gasteiger partial charge in [-0.25, -0.2) is 4.39 Å². The van der Waals surface area contributed by atoms with Gasteiger partial charge in [-0.1, -0.05) is 0 Å². The number of piperazine rings is 1. The van der Waals surface area contributed by atoms with E-state index >= 15 is 0 Å². The van der Waals surface area contributed by atoms with Crippen molar-refractivity contribution in [1.82, 2.24) is 4.90 Å². The van der Waals surface area contributed by atoms with E-state index in [0.29, 0.717) is 6.04 Å². The highest BCUT2D eigenvalue weighted by Gasteiger charge is 2.21. The van der Waals surface area contributed by atoms with Gasteiger partial charge in [0, 0.05) is 37.9 Å². The van der Waals surface area contributed by atoms with E-state index in [2.05, 4.69) is 9.80 Å². The second kappa shape index (κ2) is 7.42. The summed E-state index contributed by atoms with van der Waals surface area (Å²) in [4.78, 5) is 4.93. The first-order valence-corrected chi connectivity index (χ1v) is 8.69. The topological polar surface area (TPSA) is 32.5 Å². The minimum Gasteiger partial charge on any atom is -0.369 e. The van der Waals surface area contributed by atoms with Crippen molar-refractivity contribution in [3.05, 3.63) is 30.1 Å². The first-order valence-electron chi connectivity index (χ1n) is 8.69. The smallest absolute Gasteiger partial charge is 0.123 e. The van der Waals surface area contributed by atoms with Gasteiger partial charge in [-0.05, 0) is 68.8 Å². The van der Waals surface area contributed by atoms with Gasteiger partial charge >= 0.3 is 0 Å². The van der Waals surface area contributed by atoms with Crippen LogP contribution in [0.5, 0.6) is 0 Å². The summed E-state index contributed by atoms with van der Waals surface area (Å²) in [6, 6.07) is 7.33. The van der Waals surface area contributed by atoms with Gasteiger partial charge in [-0.15, -0.1) is 0 Å². The average molecular weight is 305 g/mol. The molecule has 2 fully saturated rings. The molecule has 4 heteroatoms. The molecule has 22 heavy (non-hydrogen) atoms. The number of rotatable bonds is 4. The SMILES string of the molecule is NC1CCC(CCN2CCN(c3ccc(F)cc3)CC2)CC1. The first-order chi connectivity index (χ1) is 10.7. The number of nitrogens with two attached hydrogens (primary N) is 1. The summed E-state index contributed by atoms with van der Waals surface area (Å²) in [5.74, 6) is 0.726. The molecule has 1 saturated heterocycles. The Morgan fingerprint density at radius 3 is 2.23 bits per heavy atom. The predicted molar refractivity (Wildman–Crippen MR) is 89.6 cm³/mol. The number of hydrogen-bond donors (Lipinski definition) is 1. The molecule has 1 aromatic rings. The Morgan fingerprint density at radius 1 is 0.955 bits per heavy atom. The molecule has 0 spiro atoms. The van der Waals surface area contributed by atoms with Crippen molar-refractivity contribution in [2.45, 2.75) is 38.1 Å². The molecule has 122 valence electrons. The zero-order valence-corrected chi connectivity index (χ0v) is 13.4. The van der Waals surface area contributed by atoms with Gasteiger partial charge in [0.2, 0.25) is 0 Å². The van der Waals surface area contributed by atoms with Crippen LogP contribution in [0.1, 0.15) is 32.1 Å². The summed E-state index contributed by atoms with van der Waals surface area (Å²) >= 11 is 0. The van der Waals surface area contributed by atoms with Crippen LogP contribution in [0.2, 0.25) is 0 Å². The quantitative estimate of drug-likeness (QED) is 0.928. The van der Waals surface area contributed by atoms with Crippen molar-refractivity contribution in [1.29, 1.82) is 0 Å². The van der Waals surface area contributed by atoms with Gasteiger partial charge in [-0.2, -0.15) is 0 Å². The predicted octanol–water partition coefficient (Wildman–Crippen LogP) is 2.86. The third-order valence-electron chi connectivity index (χ3n) is 5.31. The Labute approximate surface area is 133 Å². The Hall–Kier alpha value is -1.13.